The minimum atomic E-state index is -0.202. The third-order valence-corrected chi connectivity index (χ3v) is 5.26. The molecule has 2 aliphatic rings. The van der Waals surface area contributed by atoms with Gasteiger partial charge >= 0.3 is 0 Å². The van der Waals surface area contributed by atoms with Gasteiger partial charge in [-0.25, -0.2) is 0 Å². The fourth-order valence-electron chi connectivity index (χ4n) is 3.62. The standard InChI is InChI=1S/C16H25N3O3/c1-3-16(6-10-21-11-7-16)15(20)19-8-4-13(5-9-19)14-17-12(2)18-22-14/h13H,3-11H2,1-2H3. The Bertz CT molecular complexity index is 514. The molecular weight excluding hydrogens is 282 g/mol. The first-order valence-electron chi connectivity index (χ1n) is 8.32. The molecule has 0 saturated carbocycles. The zero-order chi connectivity index (χ0) is 15.6. The maximum Gasteiger partial charge on any atom is 0.229 e. The largest absolute Gasteiger partial charge is 0.381 e. The van der Waals surface area contributed by atoms with Crippen molar-refractivity contribution in [1.82, 2.24) is 15.0 Å². The monoisotopic (exact) mass is 307 g/mol. The Morgan fingerprint density at radius 1 is 1.32 bits per heavy atom. The molecule has 2 fully saturated rings. The average Bonchev–Trinajstić information content (AvgIpc) is 3.01. The molecule has 0 aliphatic carbocycles. The van der Waals surface area contributed by atoms with Crippen LogP contribution in [0, 0.1) is 12.3 Å². The van der Waals surface area contributed by atoms with Gasteiger partial charge in [-0.1, -0.05) is 12.1 Å². The van der Waals surface area contributed by atoms with Crippen LogP contribution in [-0.2, 0) is 9.53 Å². The summed E-state index contributed by atoms with van der Waals surface area (Å²) in [6.45, 7) is 6.94. The van der Waals surface area contributed by atoms with Gasteiger partial charge in [0.2, 0.25) is 11.8 Å². The van der Waals surface area contributed by atoms with Gasteiger partial charge in [-0.15, -0.1) is 0 Å². The average molecular weight is 307 g/mol. The molecule has 0 aromatic carbocycles. The molecule has 0 atom stereocenters. The van der Waals surface area contributed by atoms with Gasteiger partial charge in [0.05, 0.1) is 5.41 Å². The normalized spacial score (nSPS) is 22.7. The van der Waals surface area contributed by atoms with Gasteiger partial charge in [-0.2, -0.15) is 4.98 Å². The third kappa shape index (κ3) is 2.89. The van der Waals surface area contributed by atoms with Crippen molar-refractivity contribution in [3.05, 3.63) is 11.7 Å². The van der Waals surface area contributed by atoms with E-state index in [2.05, 4.69) is 17.1 Å². The van der Waals surface area contributed by atoms with Crippen LogP contribution in [0.2, 0.25) is 0 Å². The predicted octanol–water partition coefficient (Wildman–Crippen LogP) is 2.29. The van der Waals surface area contributed by atoms with Crippen LogP contribution in [0.25, 0.3) is 0 Å². The van der Waals surface area contributed by atoms with E-state index >= 15 is 0 Å². The van der Waals surface area contributed by atoms with Crippen LogP contribution >= 0.6 is 0 Å². The number of ether oxygens (including phenoxy) is 1. The first-order valence-corrected chi connectivity index (χ1v) is 8.32. The van der Waals surface area contributed by atoms with Gasteiger partial charge in [0.15, 0.2) is 5.82 Å². The van der Waals surface area contributed by atoms with Crippen LogP contribution < -0.4 is 0 Å². The van der Waals surface area contributed by atoms with Gasteiger partial charge < -0.3 is 14.2 Å². The van der Waals surface area contributed by atoms with Crippen LogP contribution in [0.1, 0.15) is 56.7 Å². The van der Waals surface area contributed by atoms with E-state index in [1.807, 2.05) is 11.8 Å². The molecule has 0 spiro atoms. The van der Waals surface area contributed by atoms with Gasteiger partial charge in [-0.05, 0) is 39.0 Å². The molecule has 122 valence electrons. The summed E-state index contributed by atoms with van der Waals surface area (Å²) in [5.41, 5.74) is -0.202. The summed E-state index contributed by atoms with van der Waals surface area (Å²) >= 11 is 0. The first kappa shape index (κ1) is 15.5. The van der Waals surface area contributed by atoms with E-state index in [1.54, 1.807) is 0 Å². The van der Waals surface area contributed by atoms with Crippen molar-refractivity contribution >= 4 is 5.91 Å². The van der Waals surface area contributed by atoms with Crippen LogP contribution in [-0.4, -0.2) is 47.3 Å². The number of likely N-dealkylation sites (tertiary alicyclic amines) is 1. The lowest BCUT2D eigenvalue weighted by Crippen LogP contribution is -2.49. The van der Waals surface area contributed by atoms with E-state index in [1.165, 1.54) is 0 Å². The van der Waals surface area contributed by atoms with Crippen LogP contribution in [0.3, 0.4) is 0 Å². The summed E-state index contributed by atoms with van der Waals surface area (Å²) in [5, 5.41) is 3.86. The van der Waals surface area contributed by atoms with E-state index in [-0.39, 0.29) is 11.3 Å². The van der Waals surface area contributed by atoms with E-state index < -0.39 is 0 Å². The highest BCUT2D eigenvalue weighted by atomic mass is 16.5. The van der Waals surface area contributed by atoms with Gasteiger partial charge in [0, 0.05) is 32.2 Å². The molecule has 0 radical (unpaired) electrons. The van der Waals surface area contributed by atoms with Crippen LogP contribution in [0.5, 0.6) is 0 Å². The van der Waals surface area contributed by atoms with Crippen molar-refractivity contribution in [3.8, 4) is 0 Å². The molecule has 0 N–H and O–H groups in total. The highest BCUT2D eigenvalue weighted by Crippen LogP contribution is 2.38. The second-order valence-corrected chi connectivity index (χ2v) is 6.49. The smallest absolute Gasteiger partial charge is 0.229 e. The number of hydrogen-bond acceptors (Lipinski definition) is 5. The summed E-state index contributed by atoms with van der Waals surface area (Å²) in [6, 6.07) is 0. The summed E-state index contributed by atoms with van der Waals surface area (Å²) in [4.78, 5) is 19.3. The maximum absolute atomic E-state index is 13.0. The van der Waals surface area contributed by atoms with Crippen molar-refractivity contribution < 1.29 is 14.1 Å². The Kier molecular flexibility index (Phi) is 4.47. The number of hydrogen-bond donors (Lipinski definition) is 0. The summed E-state index contributed by atoms with van der Waals surface area (Å²) in [5.74, 6) is 2.01. The molecule has 3 rings (SSSR count). The molecule has 6 nitrogen and oxygen atoms in total. The van der Waals surface area contributed by atoms with Crippen LogP contribution in [0.15, 0.2) is 4.52 Å². The molecule has 1 aromatic rings. The lowest BCUT2D eigenvalue weighted by atomic mass is 9.76. The minimum Gasteiger partial charge on any atom is -0.381 e. The number of carbonyl (C=O) groups is 1. The highest BCUT2D eigenvalue weighted by Gasteiger charge is 2.42. The molecular formula is C16H25N3O3. The summed E-state index contributed by atoms with van der Waals surface area (Å²) < 4.78 is 10.7. The van der Waals surface area contributed by atoms with Crippen molar-refractivity contribution in [3.63, 3.8) is 0 Å². The van der Waals surface area contributed by atoms with Crippen molar-refractivity contribution in [2.24, 2.45) is 5.41 Å². The number of piperidine rings is 1. The molecule has 3 heterocycles. The molecule has 0 unspecified atom stereocenters. The van der Waals surface area contributed by atoms with Gasteiger partial charge in [0.1, 0.15) is 0 Å². The number of aromatic nitrogens is 2. The molecule has 2 aliphatic heterocycles. The predicted molar refractivity (Wildman–Crippen MR) is 80.4 cm³/mol. The Labute approximate surface area is 131 Å². The molecule has 2 saturated heterocycles. The third-order valence-electron chi connectivity index (χ3n) is 5.26. The minimum absolute atomic E-state index is 0.202. The second-order valence-electron chi connectivity index (χ2n) is 6.49. The lowest BCUT2D eigenvalue weighted by molar-refractivity contribution is -0.149. The quantitative estimate of drug-likeness (QED) is 0.857. The molecule has 1 aromatic heterocycles. The lowest BCUT2D eigenvalue weighted by Gasteiger charge is -2.41. The molecule has 0 bridgehead atoms. The number of aryl methyl sites for hydroxylation is 1. The van der Waals surface area contributed by atoms with Crippen molar-refractivity contribution in [2.45, 2.75) is 51.9 Å². The summed E-state index contributed by atoms with van der Waals surface area (Å²) in [6.07, 6.45) is 4.42. The Morgan fingerprint density at radius 2 is 2.00 bits per heavy atom. The topological polar surface area (TPSA) is 68.5 Å². The van der Waals surface area contributed by atoms with E-state index in [0.717, 1.165) is 51.1 Å². The number of nitrogens with zero attached hydrogens (tertiary/aromatic N) is 3. The van der Waals surface area contributed by atoms with Gasteiger partial charge in [-0.3, -0.25) is 4.79 Å². The first-order chi connectivity index (χ1) is 10.6. The fraction of sp³-hybridized carbons (Fsp3) is 0.812. The van der Waals surface area contributed by atoms with E-state index in [9.17, 15) is 4.79 Å². The SMILES string of the molecule is CCC1(C(=O)N2CCC(c3nc(C)no3)CC2)CCOCC1. The molecule has 1 amide bonds. The number of carbonyl (C=O) groups excluding carboxylic acids is 1. The number of amides is 1. The zero-order valence-electron chi connectivity index (χ0n) is 13.5. The maximum atomic E-state index is 13.0. The van der Waals surface area contributed by atoms with Crippen molar-refractivity contribution in [1.29, 1.82) is 0 Å². The molecule has 6 heteroatoms. The van der Waals surface area contributed by atoms with E-state index in [0.29, 0.717) is 24.9 Å². The Balaban J connectivity index is 1.61. The number of rotatable bonds is 3. The fourth-order valence-corrected chi connectivity index (χ4v) is 3.62. The van der Waals surface area contributed by atoms with E-state index in [4.69, 9.17) is 9.26 Å². The van der Waals surface area contributed by atoms with Crippen molar-refractivity contribution in [2.75, 3.05) is 26.3 Å². The molecule has 22 heavy (non-hydrogen) atoms. The van der Waals surface area contributed by atoms with Gasteiger partial charge in [0.25, 0.3) is 0 Å². The zero-order valence-corrected chi connectivity index (χ0v) is 13.5. The Morgan fingerprint density at radius 3 is 2.55 bits per heavy atom. The van der Waals surface area contributed by atoms with Crippen LogP contribution in [0.4, 0.5) is 0 Å². The highest BCUT2D eigenvalue weighted by molar-refractivity contribution is 5.83. The Hall–Kier alpha value is -1.43. The summed E-state index contributed by atoms with van der Waals surface area (Å²) in [7, 11) is 0. The second kappa shape index (κ2) is 6.36.